The SMILES string of the molecule is C=C(CCCCCCCn1c(=C)c(C)c(C)c1=C)C(C)(C)CCCC. The molecular formula is C24H41N. The van der Waals surface area contributed by atoms with Gasteiger partial charge in [0.2, 0.25) is 0 Å². The molecule has 1 heteroatoms. The molecule has 1 aromatic rings. The molecule has 0 spiro atoms. The monoisotopic (exact) mass is 343 g/mol. The molecule has 0 aromatic carbocycles. The van der Waals surface area contributed by atoms with Crippen LogP contribution in [0.25, 0.3) is 13.2 Å². The topological polar surface area (TPSA) is 4.93 Å². The van der Waals surface area contributed by atoms with Gasteiger partial charge in [0.25, 0.3) is 0 Å². The predicted octanol–water partition coefficient (Wildman–Crippen LogP) is 6.04. The summed E-state index contributed by atoms with van der Waals surface area (Å²) < 4.78 is 2.29. The maximum Gasteiger partial charge on any atom is 0.0370 e. The van der Waals surface area contributed by atoms with Crippen molar-refractivity contribution < 1.29 is 0 Å². The summed E-state index contributed by atoms with van der Waals surface area (Å²) in [5.41, 5.74) is 4.36. The normalized spacial score (nSPS) is 11.9. The number of rotatable bonds is 12. The van der Waals surface area contributed by atoms with E-state index in [2.05, 4.69) is 58.9 Å². The second kappa shape index (κ2) is 10.0. The first kappa shape index (κ1) is 21.8. The van der Waals surface area contributed by atoms with Crippen LogP contribution in [0.15, 0.2) is 12.2 Å². The van der Waals surface area contributed by atoms with Gasteiger partial charge in [-0.2, -0.15) is 0 Å². The molecule has 0 aliphatic heterocycles. The van der Waals surface area contributed by atoms with Crippen LogP contribution in [0, 0.1) is 19.3 Å². The molecule has 0 atom stereocenters. The summed E-state index contributed by atoms with van der Waals surface area (Å²) in [6.45, 7) is 25.1. The van der Waals surface area contributed by atoms with Crippen molar-refractivity contribution in [2.45, 2.75) is 99.0 Å². The molecule has 1 rings (SSSR count). The Kier molecular flexibility index (Phi) is 8.76. The third kappa shape index (κ3) is 6.20. The van der Waals surface area contributed by atoms with Crippen molar-refractivity contribution in [1.29, 1.82) is 0 Å². The fraction of sp³-hybridized carbons (Fsp3) is 0.667. The first-order chi connectivity index (χ1) is 11.7. The van der Waals surface area contributed by atoms with Crippen LogP contribution < -0.4 is 10.7 Å². The Morgan fingerprint density at radius 1 is 0.880 bits per heavy atom. The lowest BCUT2D eigenvalue weighted by Crippen LogP contribution is -2.26. The quantitative estimate of drug-likeness (QED) is 0.322. The third-order valence-corrected chi connectivity index (χ3v) is 6.05. The van der Waals surface area contributed by atoms with Crippen molar-refractivity contribution in [1.82, 2.24) is 4.57 Å². The molecule has 0 N–H and O–H groups in total. The highest BCUT2D eigenvalue weighted by Gasteiger charge is 2.20. The maximum absolute atomic E-state index is 4.37. The van der Waals surface area contributed by atoms with Crippen molar-refractivity contribution in [3.63, 3.8) is 0 Å². The van der Waals surface area contributed by atoms with Crippen LogP contribution in [0.1, 0.15) is 89.7 Å². The molecule has 142 valence electrons. The van der Waals surface area contributed by atoms with Crippen molar-refractivity contribution in [2.75, 3.05) is 0 Å². The van der Waals surface area contributed by atoms with Crippen LogP contribution in [0.5, 0.6) is 0 Å². The molecule has 1 aromatic heterocycles. The summed E-state index contributed by atoms with van der Waals surface area (Å²) in [5, 5.41) is 2.29. The molecule has 0 amide bonds. The number of nitrogens with zero attached hydrogens (tertiary/aromatic N) is 1. The van der Waals surface area contributed by atoms with E-state index in [4.69, 9.17) is 0 Å². The van der Waals surface area contributed by atoms with Gasteiger partial charge in [-0.3, -0.25) is 0 Å². The summed E-state index contributed by atoms with van der Waals surface area (Å²) in [7, 11) is 0. The molecule has 25 heavy (non-hydrogen) atoms. The lowest BCUT2D eigenvalue weighted by Gasteiger charge is -2.27. The first-order valence-electron chi connectivity index (χ1n) is 10.2. The van der Waals surface area contributed by atoms with Crippen LogP contribution >= 0.6 is 0 Å². The fourth-order valence-corrected chi connectivity index (χ4v) is 3.54. The number of aromatic nitrogens is 1. The van der Waals surface area contributed by atoms with Crippen LogP contribution in [0.3, 0.4) is 0 Å². The highest BCUT2D eigenvalue weighted by atomic mass is 15.0. The molecule has 0 saturated carbocycles. The average molecular weight is 344 g/mol. The third-order valence-electron chi connectivity index (χ3n) is 6.05. The van der Waals surface area contributed by atoms with E-state index < -0.39 is 0 Å². The molecule has 1 heterocycles. The highest BCUT2D eigenvalue weighted by molar-refractivity contribution is 5.28. The van der Waals surface area contributed by atoms with Crippen LogP contribution in [0.4, 0.5) is 0 Å². The van der Waals surface area contributed by atoms with Crippen LogP contribution in [-0.4, -0.2) is 4.57 Å². The summed E-state index contributed by atoms with van der Waals surface area (Å²) in [6.07, 6.45) is 11.5. The van der Waals surface area contributed by atoms with Gasteiger partial charge in [-0.05, 0) is 56.1 Å². The van der Waals surface area contributed by atoms with Crippen LogP contribution in [-0.2, 0) is 6.54 Å². The molecule has 0 unspecified atom stereocenters. The minimum atomic E-state index is 0.315. The molecule has 1 nitrogen and oxygen atoms in total. The van der Waals surface area contributed by atoms with E-state index in [0.717, 1.165) is 17.2 Å². The van der Waals surface area contributed by atoms with Gasteiger partial charge in [-0.25, -0.2) is 0 Å². The van der Waals surface area contributed by atoms with Gasteiger partial charge in [0.1, 0.15) is 0 Å². The largest absolute Gasteiger partial charge is 0.342 e. The standard InChI is InChI=1S/C24H41N/c1-9-10-17-24(7,8)19(2)16-14-12-11-13-15-18-25-22(5)20(3)21(4)23(25)6/h2,5-6,9-18H2,1,3-4,7-8H3. The second-order valence-electron chi connectivity index (χ2n) is 8.40. The Balaban J connectivity index is 2.23. The van der Waals surface area contributed by atoms with Gasteiger partial charge < -0.3 is 4.57 Å². The Labute approximate surface area is 156 Å². The van der Waals surface area contributed by atoms with Gasteiger partial charge in [0.05, 0.1) is 0 Å². The predicted molar refractivity (Wildman–Crippen MR) is 114 cm³/mol. The van der Waals surface area contributed by atoms with E-state index in [1.165, 1.54) is 74.5 Å². The van der Waals surface area contributed by atoms with Gasteiger partial charge >= 0.3 is 0 Å². The smallest absolute Gasteiger partial charge is 0.0370 e. The van der Waals surface area contributed by atoms with E-state index in [1.54, 1.807) is 0 Å². The Morgan fingerprint density at radius 3 is 1.96 bits per heavy atom. The second-order valence-corrected chi connectivity index (χ2v) is 8.40. The van der Waals surface area contributed by atoms with E-state index in [0.29, 0.717) is 5.41 Å². The number of hydrogen-bond acceptors (Lipinski definition) is 0. The number of unbranched alkanes of at least 4 members (excludes halogenated alkanes) is 5. The highest BCUT2D eigenvalue weighted by Crippen LogP contribution is 2.34. The van der Waals surface area contributed by atoms with E-state index in [9.17, 15) is 0 Å². The zero-order chi connectivity index (χ0) is 19.0. The van der Waals surface area contributed by atoms with Gasteiger partial charge in [-0.1, -0.05) is 78.2 Å². The molecular weight excluding hydrogens is 302 g/mol. The Hall–Kier alpha value is -1.24. The van der Waals surface area contributed by atoms with Crippen molar-refractivity contribution in [3.8, 4) is 0 Å². The first-order valence-corrected chi connectivity index (χ1v) is 10.2. The summed E-state index contributed by atoms with van der Waals surface area (Å²) in [6, 6.07) is 0. The maximum atomic E-state index is 4.37. The minimum Gasteiger partial charge on any atom is -0.342 e. The van der Waals surface area contributed by atoms with E-state index in [1.807, 2.05) is 0 Å². The summed E-state index contributed by atoms with van der Waals surface area (Å²) in [4.78, 5) is 0. The zero-order valence-electron chi connectivity index (χ0n) is 17.6. The average Bonchev–Trinajstić information content (AvgIpc) is 2.76. The number of allylic oxidation sites excluding steroid dienone is 1. The summed E-state index contributed by atoms with van der Waals surface area (Å²) in [5.74, 6) is 0. The molecule has 0 fully saturated rings. The lowest BCUT2D eigenvalue weighted by atomic mass is 9.78. The van der Waals surface area contributed by atoms with Crippen molar-refractivity contribution in [2.24, 2.45) is 5.41 Å². The molecule has 0 aliphatic rings. The van der Waals surface area contributed by atoms with Crippen molar-refractivity contribution in [3.05, 3.63) is 34.0 Å². The molecule has 0 radical (unpaired) electrons. The van der Waals surface area contributed by atoms with Gasteiger partial charge in [0.15, 0.2) is 0 Å². The summed E-state index contributed by atoms with van der Waals surface area (Å²) >= 11 is 0. The Morgan fingerprint density at radius 2 is 1.40 bits per heavy atom. The Bertz CT molecular complexity index is 611. The van der Waals surface area contributed by atoms with Gasteiger partial charge in [0, 0.05) is 17.2 Å². The van der Waals surface area contributed by atoms with E-state index in [-0.39, 0.29) is 0 Å². The fourth-order valence-electron chi connectivity index (χ4n) is 3.54. The molecule has 0 saturated heterocycles. The van der Waals surface area contributed by atoms with E-state index >= 15 is 0 Å². The number of hydrogen-bond donors (Lipinski definition) is 0. The van der Waals surface area contributed by atoms with Crippen LogP contribution in [0.2, 0.25) is 0 Å². The zero-order valence-corrected chi connectivity index (χ0v) is 17.6. The minimum absolute atomic E-state index is 0.315. The van der Waals surface area contributed by atoms with Crippen molar-refractivity contribution >= 4 is 13.2 Å². The molecule has 0 aliphatic carbocycles. The van der Waals surface area contributed by atoms with Gasteiger partial charge in [-0.15, -0.1) is 0 Å². The lowest BCUT2D eigenvalue weighted by molar-refractivity contribution is 0.376. The molecule has 0 bridgehead atoms.